The van der Waals surface area contributed by atoms with Gasteiger partial charge >= 0.3 is 16.2 Å². The lowest BCUT2D eigenvalue weighted by Gasteiger charge is -2.24. The fourth-order valence-corrected chi connectivity index (χ4v) is 3.60. The van der Waals surface area contributed by atoms with Gasteiger partial charge in [0, 0.05) is 25.3 Å². The van der Waals surface area contributed by atoms with Gasteiger partial charge in [-0.3, -0.25) is 4.79 Å². The van der Waals surface area contributed by atoms with E-state index < -0.39 is 39.8 Å². The third kappa shape index (κ3) is 4.67. The Morgan fingerprint density at radius 1 is 1.42 bits per heavy atom. The zero-order valence-electron chi connectivity index (χ0n) is 13.0. The zero-order chi connectivity index (χ0) is 17.9. The number of hydrogen-bond acceptors (Lipinski definition) is 5. The summed E-state index contributed by atoms with van der Waals surface area (Å²) < 4.78 is 39.3. The van der Waals surface area contributed by atoms with Gasteiger partial charge in [-0.2, -0.15) is 8.42 Å². The van der Waals surface area contributed by atoms with Gasteiger partial charge in [0.25, 0.3) is 0 Å². The minimum atomic E-state index is -4.71. The van der Waals surface area contributed by atoms with Crippen molar-refractivity contribution in [1.29, 1.82) is 0 Å². The Morgan fingerprint density at radius 2 is 2.04 bits per heavy atom. The number of benzene rings is 1. The molecule has 2 atom stereocenters. The topological polar surface area (TPSA) is 101 Å². The summed E-state index contributed by atoms with van der Waals surface area (Å²) in [6.45, 7) is -0.0882. The maximum Gasteiger partial charge on any atom is 0.326 e. The summed E-state index contributed by atoms with van der Waals surface area (Å²) >= 11 is 0. The first-order valence-electron chi connectivity index (χ1n) is 7.27. The Bertz CT molecular complexity index is 718. The first kappa shape index (κ1) is 18.2. The fourth-order valence-electron chi connectivity index (χ4n) is 2.82. The molecule has 0 aromatic heterocycles. The van der Waals surface area contributed by atoms with E-state index in [0.29, 0.717) is 11.3 Å². The summed E-state index contributed by atoms with van der Waals surface area (Å²) in [6, 6.07) is 5.62. The van der Waals surface area contributed by atoms with Crippen molar-refractivity contribution in [1.82, 2.24) is 4.90 Å². The maximum atomic E-state index is 12.8. The van der Waals surface area contributed by atoms with Gasteiger partial charge in [0.15, 0.2) is 0 Å². The Morgan fingerprint density at radius 3 is 2.54 bits per heavy atom. The molecule has 0 radical (unpaired) electrons. The maximum absolute atomic E-state index is 12.8. The average molecular weight is 359 g/mol. The second kappa shape index (κ2) is 7.16. The second-order valence-corrected chi connectivity index (χ2v) is 7.14. The van der Waals surface area contributed by atoms with Gasteiger partial charge in [-0.05, 0) is 17.7 Å². The molecule has 2 rings (SSSR count). The lowest BCUT2D eigenvalue weighted by atomic mass is 10.0. The summed E-state index contributed by atoms with van der Waals surface area (Å²) in [5, 5.41) is 9.42. The van der Waals surface area contributed by atoms with Gasteiger partial charge in [0.05, 0.1) is 12.9 Å². The minimum Gasteiger partial charge on any atom is -0.497 e. The number of carbonyl (C=O) groups is 2. The Hall–Kier alpha value is -2.16. The van der Waals surface area contributed by atoms with E-state index in [1.807, 2.05) is 0 Å². The summed E-state index contributed by atoms with van der Waals surface area (Å²) in [5.41, 5.74) is 0.692. The summed E-state index contributed by atoms with van der Waals surface area (Å²) in [6.07, 6.45) is -0.101. The predicted octanol–water partition coefficient (Wildman–Crippen LogP) is 0.839. The van der Waals surface area contributed by atoms with Crippen molar-refractivity contribution in [2.75, 3.05) is 19.4 Å². The quantitative estimate of drug-likeness (QED) is 0.724. The highest BCUT2D eigenvalue weighted by molar-refractivity contribution is 7.86. The molecule has 1 unspecified atom stereocenters. The van der Waals surface area contributed by atoms with Gasteiger partial charge in [0.1, 0.15) is 11.8 Å². The number of ether oxygens (including phenoxy) is 1. The third-order valence-corrected chi connectivity index (χ3v) is 4.79. The number of carboxylic acids is 1. The van der Waals surface area contributed by atoms with Crippen LogP contribution in [0.25, 0.3) is 0 Å². The lowest BCUT2D eigenvalue weighted by molar-refractivity contribution is -0.148. The number of halogens is 1. The fraction of sp³-hybridized carbons (Fsp3) is 0.467. The van der Waals surface area contributed by atoms with E-state index >= 15 is 0 Å². The van der Waals surface area contributed by atoms with Crippen LogP contribution in [0.3, 0.4) is 0 Å². The standard InChI is InChI=1S/C15H18FNO6S/c1-23-12-4-2-10(3-5-12)6-13(15(19)20)17-8-11(7-14(17)18)9-24(16,21)22/h2-5,11,13H,6-9H2,1H3,(H,19,20)/t11?,13-/m0/s1. The molecule has 0 aliphatic carbocycles. The first-order chi connectivity index (χ1) is 11.2. The highest BCUT2D eigenvalue weighted by atomic mass is 32.3. The summed E-state index contributed by atoms with van der Waals surface area (Å²) in [7, 11) is -3.20. The summed E-state index contributed by atoms with van der Waals surface area (Å²) in [4.78, 5) is 24.7. The summed E-state index contributed by atoms with van der Waals surface area (Å²) in [5.74, 6) is -2.56. The number of amides is 1. The van der Waals surface area contributed by atoms with Crippen molar-refractivity contribution in [2.45, 2.75) is 18.9 Å². The molecule has 0 saturated carbocycles. The number of aliphatic carboxylic acids is 1. The van der Waals surface area contributed by atoms with Crippen LogP contribution in [0, 0.1) is 5.92 Å². The van der Waals surface area contributed by atoms with Crippen LogP contribution in [0.5, 0.6) is 5.75 Å². The number of methoxy groups -OCH3 is 1. The van der Waals surface area contributed by atoms with E-state index in [2.05, 4.69) is 0 Å². The van der Waals surface area contributed by atoms with E-state index in [1.54, 1.807) is 24.3 Å². The van der Waals surface area contributed by atoms with Crippen LogP contribution in [0.15, 0.2) is 24.3 Å². The largest absolute Gasteiger partial charge is 0.497 e. The molecular weight excluding hydrogens is 341 g/mol. The molecular formula is C15H18FNO6S. The van der Waals surface area contributed by atoms with Gasteiger partial charge in [-0.25, -0.2) is 4.79 Å². The molecule has 132 valence electrons. The number of carboxylic acid groups (broad SMARTS) is 1. The first-order valence-corrected chi connectivity index (χ1v) is 8.82. The Balaban J connectivity index is 2.12. The van der Waals surface area contributed by atoms with Crippen LogP contribution in [-0.2, 0) is 26.2 Å². The van der Waals surface area contributed by atoms with Crippen LogP contribution >= 0.6 is 0 Å². The molecule has 1 aromatic rings. The number of carbonyl (C=O) groups excluding carboxylic acids is 1. The van der Waals surface area contributed by atoms with Crippen molar-refractivity contribution in [3.8, 4) is 5.75 Å². The molecule has 1 aromatic carbocycles. The van der Waals surface area contributed by atoms with Gasteiger partial charge in [-0.1, -0.05) is 12.1 Å². The second-order valence-electron chi connectivity index (χ2n) is 5.73. The lowest BCUT2D eigenvalue weighted by Crippen LogP contribution is -2.43. The number of likely N-dealkylation sites (tertiary alicyclic amines) is 1. The third-order valence-electron chi connectivity index (χ3n) is 3.92. The molecule has 0 spiro atoms. The molecule has 1 N–H and O–H groups in total. The van der Waals surface area contributed by atoms with Crippen LogP contribution in [0.1, 0.15) is 12.0 Å². The predicted molar refractivity (Wildman–Crippen MR) is 82.8 cm³/mol. The van der Waals surface area contributed by atoms with Crippen LogP contribution in [0.4, 0.5) is 3.89 Å². The van der Waals surface area contributed by atoms with Crippen molar-refractivity contribution < 1.29 is 31.7 Å². The molecule has 1 saturated heterocycles. The number of rotatable bonds is 7. The number of hydrogen-bond donors (Lipinski definition) is 1. The molecule has 1 fully saturated rings. The van der Waals surface area contributed by atoms with Crippen molar-refractivity contribution >= 4 is 22.1 Å². The smallest absolute Gasteiger partial charge is 0.326 e. The SMILES string of the molecule is COc1ccc(C[C@@H](C(=O)O)N2CC(CS(=O)(=O)F)CC2=O)cc1. The van der Waals surface area contributed by atoms with E-state index in [4.69, 9.17) is 4.74 Å². The number of nitrogens with zero attached hydrogens (tertiary/aromatic N) is 1. The van der Waals surface area contributed by atoms with Crippen LogP contribution in [0.2, 0.25) is 0 Å². The van der Waals surface area contributed by atoms with E-state index in [0.717, 1.165) is 4.90 Å². The highest BCUT2D eigenvalue weighted by Gasteiger charge is 2.39. The Kier molecular flexibility index (Phi) is 5.43. The van der Waals surface area contributed by atoms with Crippen molar-refractivity contribution in [3.05, 3.63) is 29.8 Å². The normalized spacial score (nSPS) is 19.3. The van der Waals surface area contributed by atoms with E-state index in [1.165, 1.54) is 7.11 Å². The Labute approximate surface area is 139 Å². The molecule has 1 heterocycles. The monoisotopic (exact) mass is 359 g/mol. The molecule has 0 bridgehead atoms. The van der Waals surface area contributed by atoms with E-state index in [9.17, 15) is 27.0 Å². The molecule has 1 amide bonds. The zero-order valence-corrected chi connectivity index (χ0v) is 13.8. The molecule has 1 aliphatic rings. The molecule has 9 heteroatoms. The highest BCUT2D eigenvalue weighted by Crippen LogP contribution is 2.24. The van der Waals surface area contributed by atoms with Gasteiger partial charge in [0.2, 0.25) is 5.91 Å². The minimum absolute atomic E-state index is 0.0696. The average Bonchev–Trinajstić information content (AvgIpc) is 2.83. The van der Waals surface area contributed by atoms with Crippen LogP contribution < -0.4 is 4.74 Å². The van der Waals surface area contributed by atoms with Crippen LogP contribution in [-0.4, -0.2) is 55.7 Å². The molecule has 7 nitrogen and oxygen atoms in total. The van der Waals surface area contributed by atoms with Crippen molar-refractivity contribution in [3.63, 3.8) is 0 Å². The van der Waals surface area contributed by atoms with Gasteiger partial charge < -0.3 is 14.7 Å². The van der Waals surface area contributed by atoms with Gasteiger partial charge in [-0.15, -0.1) is 3.89 Å². The molecule has 24 heavy (non-hydrogen) atoms. The van der Waals surface area contributed by atoms with E-state index in [-0.39, 0.29) is 19.4 Å². The molecule has 1 aliphatic heterocycles. The van der Waals surface area contributed by atoms with Crippen molar-refractivity contribution in [2.24, 2.45) is 5.92 Å².